The predicted molar refractivity (Wildman–Crippen MR) is 80.0 cm³/mol. The van der Waals surface area contributed by atoms with Crippen LogP contribution in [0, 0.1) is 0 Å². The van der Waals surface area contributed by atoms with E-state index < -0.39 is 5.97 Å². The first kappa shape index (κ1) is 15.4. The number of aliphatic carboxylic acids is 1. The van der Waals surface area contributed by atoms with E-state index in [1.165, 1.54) is 12.8 Å². The molecule has 1 aliphatic rings. The molecule has 0 bridgehead atoms. The number of carboxylic acid groups (broad SMARTS) is 1. The van der Waals surface area contributed by atoms with Gasteiger partial charge in [-0.15, -0.1) is 0 Å². The topological polar surface area (TPSA) is 69.6 Å². The molecule has 1 aromatic rings. The number of benzene rings is 1. The predicted octanol–water partition coefficient (Wildman–Crippen LogP) is 2.40. The molecule has 1 fully saturated rings. The smallest absolute Gasteiger partial charge is 0.317 e. The Hall–Kier alpha value is -2.04. The van der Waals surface area contributed by atoms with Crippen molar-refractivity contribution < 1.29 is 14.7 Å². The standard InChI is InChI=1S/C16H22N2O3/c1-18(14-8-4-5-9-14)16(21)17-11-13-7-3-2-6-12(13)10-15(19)20/h2-3,6-7,14H,4-5,8-11H2,1H3,(H,17,21)(H,19,20). The van der Waals surface area contributed by atoms with Crippen LogP contribution in [-0.4, -0.2) is 35.1 Å². The molecule has 21 heavy (non-hydrogen) atoms. The van der Waals surface area contributed by atoms with Crippen LogP contribution in [0.5, 0.6) is 0 Å². The minimum Gasteiger partial charge on any atom is -0.481 e. The molecule has 0 aromatic heterocycles. The molecule has 0 spiro atoms. The summed E-state index contributed by atoms with van der Waals surface area (Å²) in [7, 11) is 1.83. The summed E-state index contributed by atoms with van der Waals surface area (Å²) in [6.45, 7) is 0.360. The number of carboxylic acids is 1. The van der Waals surface area contributed by atoms with E-state index in [0.717, 1.165) is 24.0 Å². The highest BCUT2D eigenvalue weighted by Crippen LogP contribution is 2.22. The highest BCUT2D eigenvalue weighted by Gasteiger charge is 2.23. The van der Waals surface area contributed by atoms with Gasteiger partial charge in [-0.05, 0) is 24.0 Å². The summed E-state index contributed by atoms with van der Waals surface area (Å²) >= 11 is 0. The average molecular weight is 290 g/mol. The summed E-state index contributed by atoms with van der Waals surface area (Å²) in [6, 6.07) is 7.55. The maximum atomic E-state index is 12.1. The van der Waals surface area contributed by atoms with E-state index in [-0.39, 0.29) is 12.5 Å². The first-order valence-corrected chi connectivity index (χ1v) is 7.37. The highest BCUT2D eigenvalue weighted by molar-refractivity contribution is 5.74. The Bertz CT molecular complexity index is 510. The SMILES string of the molecule is CN(C(=O)NCc1ccccc1CC(=O)O)C1CCCC1. The minimum atomic E-state index is -0.864. The lowest BCUT2D eigenvalue weighted by atomic mass is 10.0. The van der Waals surface area contributed by atoms with Crippen LogP contribution in [0.1, 0.15) is 36.8 Å². The fraction of sp³-hybridized carbons (Fsp3) is 0.500. The van der Waals surface area contributed by atoms with E-state index in [4.69, 9.17) is 5.11 Å². The molecule has 0 unspecified atom stereocenters. The second-order valence-corrected chi connectivity index (χ2v) is 5.55. The Morgan fingerprint density at radius 3 is 2.48 bits per heavy atom. The molecule has 0 heterocycles. The molecule has 0 radical (unpaired) electrons. The van der Waals surface area contributed by atoms with Gasteiger partial charge in [0.05, 0.1) is 6.42 Å². The van der Waals surface area contributed by atoms with Crippen LogP contribution in [0.25, 0.3) is 0 Å². The third kappa shape index (κ3) is 4.21. The van der Waals surface area contributed by atoms with Gasteiger partial charge < -0.3 is 15.3 Å². The molecule has 5 heteroatoms. The van der Waals surface area contributed by atoms with Crippen molar-refractivity contribution in [1.29, 1.82) is 0 Å². The Balaban J connectivity index is 1.93. The molecule has 2 rings (SSSR count). The summed E-state index contributed by atoms with van der Waals surface area (Å²) in [6.07, 6.45) is 4.48. The second kappa shape index (κ2) is 7.11. The summed E-state index contributed by atoms with van der Waals surface area (Å²) in [5, 5.41) is 11.8. The summed E-state index contributed by atoms with van der Waals surface area (Å²) in [4.78, 5) is 24.8. The number of nitrogens with one attached hydrogen (secondary N) is 1. The van der Waals surface area contributed by atoms with Crippen LogP contribution < -0.4 is 5.32 Å². The number of hydrogen-bond acceptors (Lipinski definition) is 2. The van der Waals surface area contributed by atoms with E-state index in [1.807, 2.05) is 25.2 Å². The fourth-order valence-corrected chi connectivity index (χ4v) is 2.82. The molecule has 0 atom stereocenters. The fourth-order valence-electron chi connectivity index (χ4n) is 2.82. The van der Waals surface area contributed by atoms with E-state index in [2.05, 4.69) is 5.32 Å². The van der Waals surface area contributed by atoms with Crippen LogP contribution in [0.15, 0.2) is 24.3 Å². The lowest BCUT2D eigenvalue weighted by Crippen LogP contribution is -2.42. The zero-order valence-corrected chi connectivity index (χ0v) is 12.3. The molecule has 0 aliphatic heterocycles. The number of carbonyl (C=O) groups is 2. The van der Waals surface area contributed by atoms with Gasteiger partial charge in [0, 0.05) is 19.6 Å². The van der Waals surface area contributed by atoms with Crippen LogP contribution in [0.4, 0.5) is 4.79 Å². The third-order valence-corrected chi connectivity index (χ3v) is 4.08. The van der Waals surface area contributed by atoms with E-state index in [9.17, 15) is 9.59 Å². The van der Waals surface area contributed by atoms with Crippen molar-refractivity contribution in [3.63, 3.8) is 0 Å². The molecule has 5 nitrogen and oxygen atoms in total. The van der Waals surface area contributed by atoms with Gasteiger partial charge in [0.25, 0.3) is 0 Å². The van der Waals surface area contributed by atoms with Gasteiger partial charge in [0.2, 0.25) is 0 Å². The molecule has 0 saturated heterocycles. The van der Waals surface area contributed by atoms with Gasteiger partial charge in [-0.1, -0.05) is 37.1 Å². The number of rotatable bonds is 5. The van der Waals surface area contributed by atoms with Crippen molar-refractivity contribution in [1.82, 2.24) is 10.2 Å². The Kier molecular flexibility index (Phi) is 5.20. The molecular formula is C16H22N2O3. The van der Waals surface area contributed by atoms with Gasteiger partial charge in [0.15, 0.2) is 0 Å². The normalized spacial score (nSPS) is 14.9. The number of urea groups is 1. The Morgan fingerprint density at radius 2 is 1.86 bits per heavy atom. The summed E-state index contributed by atoms with van der Waals surface area (Å²) in [5.74, 6) is -0.864. The maximum absolute atomic E-state index is 12.1. The highest BCUT2D eigenvalue weighted by atomic mass is 16.4. The molecule has 2 amide bonds. The first-order valence-electron chi connectivity index (χ1n) is 7.37. The molecule has 2 N–H and O–H groups in total. The van der Waals surface area contributed by atoms with E-state index in [1.54, 1.807) is 11.0 Å². The van der Waals surface area contributed by atoms with Crippen molar-refractivity contribution >= 4 is 12.0 Å². The van der Waals surface area contributed by atoms with Gasteiger partial charge in [-0.2, -0.15) is 0 Å². The zero-order chi connectivity index (χ0) is 15.2. The molecule has 1 saturated carbocycles. The van der Waals surface area contributed by atoms with E-state index >= 15 is 0 Å². The minimum absolute atomic E-state index is 0.0233. The zero-order valence-electron chi connectivity index (χ0n) is 12.3. The number of hydrogen-bond donors (Lipinski definition) is 2. The van der Waals surface area contributed by atoms with Crippen molar-refractivity contribution in [3.8, 4) is 0 Å². The Labute approximate surface area is 125 Å². The van der Waals surface area contributed by atoms with Gasteiger partial charge in [-0.25, -0.2) is 4.79 Å². The Morgan fingerprint density at radius 1 is 1.24 bits per heavy atom. The number of amides is 2. The van der Waals surface area contributed by atoms with Gasteiger partial charge in [-0.3, -0.25) is 4.79 Å². The second-order valence-electron chi connectivity index (χ2n) is 5.55. The molecular weight excluding hydrogens is 268 g/mol. The molecule has 114 valence electrons. The quantitative estimate of drug-likeness (QED) is 0.875. The number of carbonyl (C=O) groups excluding carboxylic acids is 1. The molecule has 1 aliphatic carbocycles. The first-order chi connectivity index (χ1) is 10.1. The lowest BCUT2D eigenvalue weighted by molar-refractivity contribution is -0.136. The largest absolute Gasteiger partial charge is 0.481 e. The van der Waals surface area contributed by atoms with Crippen LogP contribution in [0.2, 0.25) is 0 Å². The average Bonchev–Trinajstić information content (AvgIpc) is 2.98. The van der Waals surface area contributed by atoms with Crippen LogP contribution in [0.3, 0.4) is 0 Å². The molecule has 1 aromatic carbocycles. The summed E-state index contributed by atoms with van der Waals surface area (Å²) in [5.41, 5.74) is 1.60. The third-order valence-electron chi connectivity index (χ3n) is 4.08. The van der Waals surface area contributed by atoms with Crippen molar-refractivity contribution in [2.24, 2.45) is 0 Å². The van der Waals surface area contributed by atoms with Gasteiger partial charge >= 0.3 is 12.0 Å². The lowest BCUT2D eigenvalue weighted by Gasteiger charge is -2.24. The monoisotopic (exact) mass is 290 g/mol. The van der Waals surface area contributed by atoms with Gasteiger partial charge in [0.1, 0.15) is 0 Å². The van der Waals surface area contributed by atoms with Crippen molar-refractivity contribution in [3.05, 3.63) is 35.4 Å². The van der Waals surface area contributed by atoms with Crippen molar-refractivity contribution in [2.75, 3.05) is 7.05 Å². The maximum Gasteiger partial charge on any atom is 0.317 e. The van der Waals surface area contributed by atoms with E-state index in [0.29, 0.717) is 12.6 Å². The van der Waals surface area contributed by atoms with Crippen molar-refractivity contribution in [2.45, 2.75) is 44.7 Å². The van der Waals surface area contributed by atoms with Crippen LogP contribution in [-0.2, 0) is 17.8 Å². The summed E-state index contributed by atoms with van der Waals surface area (Å²) < 4.78 is 0. The van der Waals surface area contributed by atoms with Crippen LogP contribution >= 0.6 is 0 Å². The number of nitrogens with zero attached hydrogens (tertiary/aromatic N) is 1.